The van der Waals surface area contributed by atoms with E-state index in [1.807, 2.05) is 6.92 Å². The van der Waals surface area contributed by atoms with Gasteiger partial charge in [0.25, 0.3) is 0 Å². The predicted molar refractivity (Wildman–Crippen MR) is 60.6 cm³/mol. The van der Waals surface area contributed by atoms with Gasteiger partial charge in [-0.15, -0.1) is 6.58 Å². The summed E-state index contributed by atoms with van der Waals surface area (Å²) in [4.78, 5) is 28.4. The second kappa shape index (κ2) is 5.55. The molecule has 0 bridgehead atoms. The average molecular weight is 220 g/mol. The molecule has 16 heavy (non-hydrogen) atoms. The van der Waals surface area contributed by atoms with E-state index < -0.39 is 5.54 Å². The molecular formula is C12H16N2O2. The molecule has 4 nitrogen and oxygen atoms in total. The lowest BCUT2D eigenvalue weighted by Gasteiger charge is -2.39. The maximum Gasteiger partial charge on any atom is 0.235 e. The van der Waals surface area contributed by atoms with Gasteiger partial charge in [-0.2, -0.15) is 4.99 Å². The Balaban J connectivity index is 2.86. The summed E-state index contributed by atoms with van der Waals surface area (Å²) in [6.45, 7) is 5.72. The minimum Gasteiger partial charge on any atom is -0.211 e. The van der Waals surface area contributed by atoms with Crippen molar-refractivity contribution in [3.8, 4) is 0 Å². The summed E-state index contributed by atoms with van der Waals surface area (Å²) in [5.74, 6) is 0.197. The van der Waals surface area contributed by atoms with Gasteiger partial charge in [0, 0.05) is 0 Å². The highest BCUT2D eigenvalue weighted by Crippen LogP contribution is 2.40. The van der Waals surface area contributed by atoms with Gasteiger partial charge in [0.2, 0.25) is 12.2 Å². The number of isocyanates is 2. The smallest absolute Gasteiger partial charge is 0.211 e. The molecule has 0 spiro atoms. The van der Waals surface area contributed by atoms with E-state index in [0.29, 0.717) is 6.42 Å². The van der Waals surface area contributed by atoms with Crippen LogP contribution in [0.3, 0.4) is 0 Å². The Morgan fingerprint density at radius 3 is 2.75 bits per heavy atom. The topological polar surface area (TPSA) is 58.9 Å². The zero-order chi connectivity index (χ0) is 12.0. The number of carbonyl (C=O) groups excluding carboxylic acids is 2. The summed E-state index contributed by atoms with van der Waals surface area (Å²) in [5, 5.41) is 0. The van der Waals surface area contributed by atoms with Gasteiger partial charge in [0.05, 0.1) is 11.6 Å². The van der Waals surface area contributed by atoms with Crippen LogP contribution in [0.25, 0.3) is 0 Å². The summed E-state index contributed by atoms with van der Waals surface area (Å²) in [7, 11) is 0. The minimum absolute atomic E-state index is 0.0206. The molecule has 0 aliphatic heterocycles. The minimum atomic E-state index is -0.390. The van der Waals surface area contributed by atoms with E-state index in [9.17, 15) is 9.59 Å². The van der Waals surface area contributed by atoms with Crippen LogP contribution >= 0.6 is 0 Å². The van der Waals surface area contributed by atoms with Gasteiger partial charge in [-0.05, 0) is 31.6 Å². The summed E-state index contributed by atoms with van der Waals surface area (Å²) >= 11 is 0. The lowest BCUT2D eigenvalue weighted by molar-refractivity contribution is 0.192. The van der Waals surface area contributed by atoms with Gasteiger partial charge in [-0.3, -0.25) is 0 Å². The molecule has 3 atom stereocenters. The Kier molecular flexibility index (Phi) is 4.36. The molecule has 1 aliphatic rings. The van der Waals surface area contributed by atoms with Crippen LogP contribution in [0.1, 0.15) is 32.6 Å². The number of hydrogen-bond acceptors (Lipinski definition) is 4. The van der Waals surface area contributed by atoms with Crippen LogP contribution in [-0.4, -0.2) is 23.7 Å². The van der Waals surface area contributed by atoms with E-state index in [2.05, 4.69) is 16.6 Å². The number of nitrogens with zero attached hydrogens (tertiary/aromatic N) is 2. The third-order valence-electron chi connectivity index (χ3n) is 3.45. The van der Waals surface area contributed by atoms with Crippen molar-refractivity contribution in [2.24, 2.45) is 15.9 Å². The van der Waals surface area contributed by atoms with Crippen molar-refractivity contribution < 1.29 is 9.59 Å². The van der Waals surface area contributed by atoms with Gasteiger partial charge in [-0.25, -0.2) is 14.6 Å². The molecule has 4 heteroatoms. The summed E-state index contributed by atoms with van der Waals surface area (Å²) in [6.07, 6.45) is 7.96. The van der Waals surface area contributed by atoms with Crippen molar-refractivity contribution >= 4 is 12.2 Å². The molecule has 1 rings (SSSR count). The SMILES string of the molecule is C=CCC1(N=C=O)CCC(N=C=O)CC1C. The molecule has 0 amide bonds. The molecule has 0 radical (unpaired) electrons. The third-order valence-corrected chi connectivity index (χ3v) is 3.45. The molecular weight excluding hydrogens is 204 g/mol. The van der Waals surface area contributed by atoms with Crippen LogP contribution in [0.4, 0.5) is 0 Å². The maximum absolute atomic E-state index is 10.5. The highest BCUT2D eigenvalue weighted by Gasteiger charge is 2.40. The largest absolute Gasteiger partial charge is 0.235 e. The Morgan fingerprint density at radius 2 is 2.25 bits per heavy atom. The standard InChI is InChI=1S/C12H16N2O2/c1-3-5-12(14-9-16)6-4-11(13-8-15)7-10(12)2/h3,10-11H,1,4-7H2,2H3. The Labute approximate surface area is 95.2 Å². The number of rotatable bonds is 4. The van der Waals surface area contributed by atoms with E-state index >= 15 is 0 Å². The van der Waals surface area contributed by atoms with E-state index in [0.717, 1.165) is 19.3 Å². The van der Waals surface area contributed by atoms with Crippen LogP contribution in [-0.2, 0) is 9.59 Å². The second-order valence-electron chi connectivity index (χ2n) is 4.35. The molecule has 0 aromatic carbocycles. The highest BCUT2D eigenvalue weighted by atomic mass is 16.1. The summed E-state index contributed by atoms with van der Waals surface area (Å²) in [5.41, 5.74) is -0.390. The first-order valence-electron chi connectivity index (χ1n) is 5.45. The lowest BCUT2D eigenvalue weighted by Crippen LogP contribution is -2.40. The van der Waals surface area contributed by atoms with Gasteiger partial charge in [0.15, 0.2) is 0 Å². The second-order valence-corrected chi connectivity index (χ2v) is 4.35. The molecule has 0 N–H and O–H groups in total. The van der Waals surface area contributed by atoms with Gasteiger partial charge < -0.3 is 0 Å². The molecule has 3 unspecified atom stereocenters. The summed E-state index contributed by atoms with van der Waals surface area (Å²) in [6, 6.07) is 0.0206. The molecule has 0 saturated heterocycles. The van der Waals surface area contributed by atoms with E-state index in [1.165, 1.54) is 0 Å². The van der Waals surface area contributed by atoms with Crippen molar-refractivity contribution in [3.63, 3.8) is 0 Å². The van der Waals surface area contributed by atoms with Crippen LogP contribution in [0.2, 0.25) is 0 Å². The monoisotopic (exact) mass is 220 g/mol. The molecule has 1 saturated carbocycles. The fourth-order valence-electron chi connectivity index (χ4n) is 2.46. The molecule has 86 valence electrons. The van der Waals surface area contributed by atoms with Crippen LogP contribution in [0.15, 0.2) is 22.6 Å². The average Bonchev–Trinajstić information content (AvgIpc) is 2.25. The van der Waals surface area contributed by atoms with Gasteiger partial charge in [-0.1, -0.05) is 13.0 Å². The predicted octanol–water partition coefficient (Wildman–Crippen LogP) is 2.16. The summed E-state index contributed by atoms with van der Waals surface area (Å²) < 4.78 is 0. The van der Waals surface area contributed by atoms with Crippen LogP contribution < -0.4 is 0 Å². The van der Waals surface area contributed by atoms with Crippen LogP contribution in [0, 0.1) is 5.92 Å². The first kappa shape index (κ1) is 12.6. The van der Waals surface area contributed by atoms with Crippen LogP contribution in [0.5, 0.6) is 0 Å². The molecule has 1 fully saturated rings. The zero-order valence-electron chi connectivity index (χ0n) is 9.48. The van der Waals surface area contributed by atoms with Crippen molar-refractivity contribution in [2.45, 2.75) is 44.2 Å². The number of aliphatic imine (C=N–C) groups is 2. The van der Waals surface area contributed by atoms with E-state index in [1.54, 1.807) is 18.2 Å². The van der Waals surface area contributed by atoms with Crippen molar-refractivity contribution in [2.75, 3.05) is 0 Å². The Hall–Kier alpha value is -1.50. The van der Waals surface area contributed by atoms with E-state index in [-0.39, 0.29) is 12.0 Å². The fraction of sp³-hybridized carbons (Fsp3) is 0.667. The van der Waals surface area contributed by atoms with Crippen molar-refractivity contribution in [3.05, 3.63) is 12.7 Å². The zero-order valence-corrected chi connectivity index (χ0v) is 9.48. The molecule has 0 heterocycles. The first-order valence-corrected chi connectivity index (χ1v) is 5.45. The number of hydrogen-bond donors (Lipinski definition) is 0. The Bertz CT molecular complexity index is 354. The quantitative estimate of drug-likeness (QED) is 0.414. The lowest BCUT2D eigenvalue weighted by atomic mass is 9.70. The normalized spacial score (nSPS) is 33.3. The van der Waals surface area contributed by atoms with Crippen molar-refractivity contribution in [1.82, 2.24) is 0 Å². The molecule has 0 aromatic rings. The molecule has 0 aromatic heterocycles. The van der Waals surface area contributed by atoms with Gasteiger partial charge in [0.1, 0.15) is 0 Å². The van der Waals surface area contributed by atoms with Crippen molar-refractivity contribution in [1.29, 1.82) is 0 Å². The third kappa shape index (κ3) is 2.54. The maximum atomic E-state index is 10.5. The molecule has 1 aliphatic carbocycles. The highest BCUT2D eigenvalue weighted by molar-refractivity contribution is 5.36. The Morgan fingerprint density at radius 1 is 1.50 bits per heavy atom. The first-order chi connectivity index (χ1) is 7.68. The fourth-order valence-corrected chi connectivity index (χ4v) is 2.46. The van der Waals surface area contributed by atoms with E-state index in [4.69, 9.17) is 0 Å². The van der Waals surface area contributed by atoms with Gasteiger partial charge >= 0.3 is 0 Å².